The minimum Gasteiger partial charge on any atom is -0.497 e. The maximum Gasteiger partial charge on any atom is 0.240 e. The number of anilines is 1. The van der Waals surface area contributed by atoms with Crippen LogP contribution in [0.2, 0.25) is 0 Å². The predicted molar refractivity (Wildman–Crippen MR) is 134 cm³/mol. The number of nitrogens with one attached hydrogen (secondary N) is 1. The zero-order valence-corrected chi connectivity index (χ0v) is 19.6. The van der Waals surface area contributed by atoms with Gasteiger partial charge in [0.1, 0.15) is 17.1 Å². The summed E-state index contributed by atoms with van der Waals surface area (Å²) in [5, 5.41) is 0. The van der Waals surface area contributed by atoms with E-state index in [4.69, 9.17) is 15.5 Å². The third-order valence-electron chi connectivity index (χ3n) is 5.53. The van der Waals surface area contributed by atoms with Crippen molar-refractivity contribution in [2.45, 2.75) is 11.4 Å². The second kappa shape index (κ2) is 9.16. The highest BCUT2D eigenvalue weighted by molar-refractivity contribution is 7.89. The molecule has 0 unspecified atom stereocenters. The minimum atomic E-state index is -3.66. The Hall–Kier alpha value is -4.28. The molecule has 0 amide bonds. The number of benzene rings is 2. The van der Waals surface area contributed by atoms with Crippen molar-refractivity contribution in [3.8, 4) is 22.8 Å². The summed E-state index contributed by atoms with van der Waals surface area (Å²) in [6, 6.07) is 21.1. The molecule has 0 aliphatic carbocycles. The second-order valence-corrected chi connectivity index (χ2v) is 9.49. The molecule has 0 saturated carbocycles. The monoisotopic (exact) mass is 486 g/mol. The van der Waals surface area contributed by atoms with Crippen LogP contribution in [0.4, 0.5) is 5.82 Å². The van der Waals surface area contributed by atoms with Gasteiger partial charge in [0.05, 0.1) is 17.6 Å². The minimum absolute atomic E-state index is 0.139. The van der Waals surface area contributed by atoms with Crippen LogP contribution in [-0.2, 0) is 16.6 Å². The Labute approximate surface area is 202 Å². The van der Waals surface area contributed by atoms with Gasteiger partial charge in [-0.25, -0.2) is 28.1 Å². The summed E-state index contributed by atoms with van der Waals surface area (Å²) in [6.45, 7) is 0.139. The van der Waals surface area contributed by atoms with Crippen molar-refractivity contribution in [1.29, 1.82) is 0 Å². The number of pyridine rings is 2. The van der Waals surface area contributed by atoms with E-state index in [0.717, 1.165) is 16.8 Å². The van der Waals surface area contributed by atoms with Crippen LogP contribution in [0.1, 0.15) is 5.56 Å². The highest BCUT2D eigenvalue weighted by Gasteiger charge is 2.18. The van der Waals surface area contributed by atoms with Gasteiger partial charge in [-0.15, -0.1) is 0 Å². The second-order valence-electron chi connectivity index (χ2n) is 7.72. The SMILES string of the molecule is COc1ccc(S(=O)(=O)NCc2ccc(-n3c(-c4cccnc4N)nc4cccnc43)cc2)cc1. The lowest BCUT2D eigenvalue weighted by Gasteiger charge is -2.11. The largest absolute Gasteiger partial charge is 0.497 e. The van der Waals surface area contributed by atoms with E-state index in [0.29, 0.717) is 28.6 Å². The fourth-order valence-corrected chi connectivity index (χ4v) is 4.74. The van der Waals surface area contributed by atoms with E-state index in [1.54, 1.807) is 30.6 Å². The standard InChI is InChI=1S/C25H22N6O3S/c1-34-19-10-12-20(13-11-19)35(32,33)29-16-17-6-8-18(9-7-17)31-24(21-4-2-14-27-23(21)26)30-22-5-3-15-28-25(22)31/h2-15,29H,16H2,1H3,(H2,26,27). The first-order chi connectivity index (χ1) is 17.0. The van der Waals surface area contributed by atoms with Crippen molar-refractivity contribution in [1.82, 2.24) is 24.2 Å². The van der Waals surface area contributed by atoms with E-state index in [1.807, 2.05) is 47.0 Å². The average molecular weight is 487 g/mol. The molecule has 3 heterocycles. The van der Waals surface area contributed by atoms with Gasteiger partial charge in [-0.05, 0) is 66.2 Å². The molecule has 0 saturated heterocycles. The van der Waals surface area contributed by atoms with Gasteiger partial charge in [-0.3, -0.25) is 4.57 Å². The average Bonchev–Trinajstić information content (AvgIpc) is 3.27. The molecule has 0 aliphatic heterocycles. The lowest BCUT2D eigenvalue weighted by molar-refractivity contribution is 0.414. The van der Waals surface area contributed by atoms with Crippen LogP contribution in [0, 0.1) is 0 Å². The molecule has 35 heavy (non-hydrogen) atoms. The lowest BCUT2D eigenvalue weighted by Crippen LogP contribution is -2.23. The van der Waals surface area contributed by atoms with Crippen molar-refractivity contribution in [3.05, 3.63) is 90.8 Å². The Morgan fingerprint density at radius 1 is 0.943 bits per heavy atom. The van der Waals surface area contributed by atoms with Gasteiger partial charge in [-0.2, -0.15) is 0 Å². The maximum absolute atomic E-state index is 12.6. The summed E-state index contributed by atoms with van der Waals surface area (Å²) in [6.07, 6.45) is 3.34. The first kappa shape index (κ1) is 22.5. The van der Waals surface area contributed by atoms with Crippen molar-refractivity contribution in [2.75, 3.05) is 12.8 Å². The lowest BCUT2D eigenvalue weighted by atomic mass is 10.2. The molecule has 5 rings (SSSR count). The number of nitrogens with zero attached hydrogens (tertiary/aromatic N) is 4. The number of hydrogen-bond donors (Lipinski definition) is 2. The van der Waals surface area contributed by atoms with E-state index < -0.39 is 10.0 Å². The summed E-state index contributed by atoms with van der Waals surface area (Å²) in [7, 11) is -2.13. The fourth-order valence-electron chi connectivity index (χ4n) is 3.72. The molecule has 3 aromatic heterocycles. The number of imidazole rings is 1. The normalized spacial score (nSPS) is 11.6. The quantitative estimate of drug-likeness (QED) is 0.360. The summed E-state index contributed by atoms with van der Waals surface area (Å²) >= 11 is 0. The zero-order valence-electron chi connectivity index (χ0n) is 18.8. The molecule has 9 nitrogen and oxygen atoms in total. The van der Waals surface area contributed by atoms with Crippen molar-refractivity contribution in [3.63, 3.8) is 0 Å². The van der Waals surface area contributed by atoms with Gasteiger partial charge in [0.2, 0.25) is 10.0 Å². The Kier molecular flexibility index (Phi) is 5.89. The molecule has 0 atom stereocenters. The van der Waals surface area contributed by atoms with Gasteiger partial charge in [-0.1, -0.05) is 12.1 Å². The summed E-state index contributed by atoms with van der Waals surface area (Å²) in [4.78, 5) is 13.6. The molecule has 0 aliphatic rings. The van der Waals surface area contributed by atoms with Gasteiger partial charge >= 0.3 is 0 Å². The molecule has 10 heteroatoms. The van der Waals surface area contributed by atoms with Crippen molar-refractivity contribution >= 4 is 27.0 Å². The molecule has 0 bridgehead atoms. The number of rotatable bonds is 7. The fraction of sp³-hybridized carbons (Fsp3) is 0.0800. The van der Waals surface area contributed by atoms with Crippen LogP contribution in [0.25, 0.3) is 28.2 Å². The molecule has 0 radical (unpaired) electrons. The van der Waals surface area contributed by atoms with Gasteiger partial charge in [0, 0.05) is 24.6 Å². The highest BCUT2D eigenvalue weighted by atomic mass is 32.2. The number of methoxy groups -OCH3 is 1. The van der Waals surface area contributed by atoms with Crippen LogP contribution in [-0.4, -0.2) is 35.0 Å². The molecule has 0 spiro atoms. The highest BCUT2D eigenvalue weighted by Crippen LogP contribution is 2.30. The van der Waals surface area contributed by atoms with E-state index in [9.17, 15) is 8.42 Å². The number of nitrogens with two attached hydrogens (primary N) is 1. The van der Waals surface area contributed by atoms with Crippen LogP contribution >= 0.6 is 0 Å². The molecule has 3 N–H and O–H groups in total. The number of aromatic nitrogens is 4. The Morgan fingerprint density at radius 3 is 2.37 bits per heavy atom. The van der Waals surface area contributed by atoms with Crippen molar-refractivity contribution < 1.29 is 13.2 Å². The van der Waals surface area contributed by atoms with Gasteiger partial charge in [0.25, 0.3) is 0 Å². The zero-order chi connectivity index (χ0) is 24.4. The van der Waals surface area contributed by atoms with Crippen LogP contribution < -0.4 is 15.2 Å². The number of sulfonamides is 1. The van der Waals surface area contributed by atoms with Crippen molar-refractivity contribution in [2.24, 2.45) is 0 Å². The molecule has 2 aromatic carbocycles. The molecular weight excluding hydrogens is 464 g/mol. The van der Waals surface area contributed by atoms with E-state index in [-0.39, 0.29) is 11.4 Å². The van der Waals surface area contributed by atoms with Crippen LogP contribution in [0.15, 0.2) is 90.1 Å². The van der Waals surface area contributed by atoms with Gasteiger partial charge < -0.3 is 10.5 Å². The number of nitrogen functional groups attached to an aromatic ring is 1. The summed E-state index contributed by atoms with van der Waals surface area (Å²) < 4.78 is 34.9. The topological polar surface area (TPSA) is 125 Å². The third-order valence-corrected chi connectivity index (χ3v) is 6.94. The predicted octanol–water partition coefficient (Wildman–Crippen LogP) is 3.55. The maximum atomic E-state index is 12.6. The Morgan fingerprint density at radius 2 is 1.66 bits per heavy atom. The first-order valence-electron chi connectivity index (χ1n) is 10.7. The summed E-state index contributed by atoms with van der Waals surface area (Å²) in [5.41, 5.74) is 9.84. The molecule has 176 valence electrons. The third kappa shape index (κ3) is 4.44. The molecule has 0 fully saturated rings. The van der Waals surface area contributed by atoms with E-state index >= 15 is 0 Å². The number of ether oxygens (including phenoxy) is 1. The molecule has 5 aromatic rings. The Bertz CT molecular complexity index is 1600. The van der Waals surface area contributed by atoms with Gasteiger partial charge in [0.15, 0.2) is 11.5 Å². The van der Waals surface area contributed by atoms with E-state index in [2.05, 4.69) is 14.7 Å². The molecular formula is C25H22N6O3S. The Balaban J connectivity index is 1.44. The summed E-state index contributed by atoms with van der Waals surface area (Å²) in [5.74, 6) is 1.58. The van der Waals surface area contributed by atoms with Crippen LogP contribution in [0.3, 0.4) is 0 Å². The van der Waals surface area contributed by atoms with Crippen LogP contribution in [0.5, 0.6) is 5.75 Å². The number of hydrogen-bond acceptors (Lipinski definition) is 7. The number of fused-ring (bicyclic) bond motifs is 1. The smallest absolute Gasteiger partial charge is 0.240 e. The van der Waals surface area contributed by atoms with E-state index in [1.165, 1.54) is 19.2 Å². The first-order valence-corrected chi connectivity index (χ1v) is 12.2.